The van der Waals surface area contributed by atoms with Crippen molar-refractivity contribution in [3.63, 3.8) is 0 Å². The van der Waals surface area contributed by atoms with Crippen molar-refractivity contribution in [3.8, 4) is 6.07 Å². The zero-order valence-corrected chi connectivity index (χ0v) is 14.0. The van der Waals surface area contributed by atoms with Crippen LogP contribution in [0.5, 0.6) is 0 Å². The van der Waals surface area contributed by atoms with Crippen LogP contribution < -0.4 is 10.5 Å². The summed E-state index contributed by atoms with van der Waals surface area (Å²) in [6, 6.07) is 13.2. The summed E-state index contributed by atoms with van der Waals surface area (Å²) in [6.45, 7) is 0.336. The second kappa shape index (κ2) is 7.66. The Balaban J connectivity index is 1.73. The van der Waals surface area contributed by atoms with E-state index in [4.69, 9.17) is 5.14 Å². The van der Waals surface area contributed by atoms with E-state index in [2.05, 4.69) is 15.3 Å². The van der Waals surface area contributed by atoms with Gasteiger partial charge in [-0.05, 0) is 47.9 Å². The highest BCUT2D eigenvalue weighted by Gasteiger charge is 2.11. The number of nitrogens with two attached hydrogens (primary N) is 1. The van der Waals surface area contributed by atoms with Crippen LogP contribution in [0, 0.1) is 11.3 Å². The average Bonchev–Trinajstić information content (AvgIpc) is 3.07. The van der Waals surface area contributed by atoms with E-state index >= 15 is 0 Å². The van der Waals surface area contributed by atoms with Crippen molar-refractivity contribution < 1.29 is 4.79 Å². The van der Waals surface area contributed by atoms with E-state index in [1.807, 2.05) is 42.5 Å². The van der Waals surface area contributed by atoms with E-state index in [0.717, 1.165) is 21.4 Å². The van der Waals surface area contributed by atoms with Crippen LogP contribution in [0.2, 0.25) is 0 Å². The lowest BCUT2D eigenvalue weighted by atomic mass is 10.1. The molecule has 0 unspecified atom stereocenters. The highest BCUT2D eigenvalue weighted by molar-refractivity contribution is 7.97. The minimum Gasteiger partial charge on any atom is -0.347 e. The Morgan fingerprint density at radius 3 is 2.88 bits per heavy atom. The van der Waals surface area contributed by atoms with Gasteiger partial charge in [-0.25, -0.2) is 4.98 Å². The third-order valence-electron chi connectivity index (χ3n) is 3.66. The molecular formula is C18H15N5OS. The number of amides is 1. The summed E-state index contributed by atoms with van der Waals surface area (Å²) in [5, 5.41) is 18.4. The van der Waals surface area contributed by atoms with Gasteiger partial charge in [0.05, 0.1) is 0 Å². The van der Waals surface area contributed by atoms with Gasteiger partial charge in [-0.1, -0.05) is 12.1 Å². The monoisotopic (exact) mass is 349 g/mol. The van der Waals surface area contributed by atoms with Crippen molar-refractivity contribution in [2.45, 2.75) is 11.4 Å². The number of rotatable bonds is 5. The van der Waals surface area contributed by atoms with Crippen LogP contribution >= 0.6 is 11.9 Å². The molecule has 3 aromatic rings. The maximum Gasteiger partial charge on any atom is 0.262 e. The zero-order valence-electron chi connectivity index (χ0n) is 13.2. The Bertz CT molecular complexity index is 969. The van der Waals surface area contributed by atoms with Gasteiger partial charge in [0.1, 0.15) is 17.3 Å². The summed E-state index contributed by atoms with van der Waals surface area (Å²) in [6.07, 6.45) is 4.97. The molecule has 0 aliphatic rings. The van der Waals surface area contributed by atoms with Crippen LogP contribution in [0.4, 0.5) is 0 Å². The third-order valence-corrected chi connectivity index (χ3v) is 4.20. The van der Waals surface area contributed by atoms with Gasteiger partial charge >= 0.3 is 0 Å². The fourth-order valence-corrected chi connectivity index (χ4v) is 2.66. The molecule has 0 aliphatic heterocycles. The second-order valence-corrected chi connectivity index (χ2v) is 5.96. The number of hydrogen-bond donors (Lipinski definition) is 3. The van der Waals surface area contributed by atoms with Gasteiger partial charge in [0.2, 0.25) is 0 Å². The number of H-pyrrole nitrogens is 1. The van der Waals surface area contributed by atoms with Crippen LogP contribution in [-0.4, -0.2) is 15.9 Å². The number of aromatic amines is 1. The van der Waals surface area contributed by atoms with Crippen molar-refractivity contribution in [2.24, 2.45) is 5.14 Å². The maximum absolute atomic E-state index is 12.3. The summed E-state index contributed by atoms with van der Waals surface area (Å²) >= 11 is 1.17. The van der Waals surface area contributed by atoms with Gasteiger partial charge < -0.3 is 10.3 Å². The molecule has 6 nitrogen and oxygen atoms in total. The molecule has 25 heavy (non-hydrogen) atoms. The van der Waals surface area contributed by atoms with Crippen LogP contribution in [0.3, 0.4) is 0 Å². The molecule has 0 saturated carbocycles. The Labute approximate surface area is 148 Å². The summed E-state index contributed by atoms with van der Waals surface area (Å²) in [7, 11) is 0. The molecule has 0 bridgehead atoms. The normalized spacial score (nSPS) is 11.3. The quantitative estimate of drug-likeness (QED) is 0.373. The summed E-state index contributed by atoms with van der Waals surface area (Å²) in [5.41, 5.74) is 2.43. The first-order chi connectivity index (χ1) is 12.2. The summed E-state index contributed by atoms with van der Waals surface area (Å²) in [4.78, 5) is 20.4. The van der Waals surface area contributed by atoms with Crippen molar-refractivity contribution >= 4 is 35.0 Å². The highest BCUT2D eigenvalue weighted by Crippen LogP contribution is 2.18. The highest BCUT2D eigenvalue weighted by atomic mass is 32.2. The fraction of sp³-hybridized carbons (Fsp3) is 0.0556. The van der Waals surface area contributed by atoms with E-state index in [9.17, 15) is 10.1 Å². The molecule has 3 rings (SSSR count). The molecule has 0 radical (unpaired) electrons. The first-order valence-corrected chi connectivity index (χ1v) is 8.37. The predicted octanol–water partition coefficient (Wildman–Crippen LogP) is 2.75. The summed E-state index contributed by atoms with van der Waals surface area (Å²) < 4.78 is 0. The van der Waals surface area contributed by atoms with Crippen LogP contribution in [0.25, 0.3) is 17.1 Å². The second-order valence-electron chi connectivity index (χ2n) is 5.26. The number of hydrogen-bond acceptors (Lipinski definition) is 5. The number of carbonyl (C=O) groups is 1. The third kappa shape index (κ3) is 3.88. The minimum absolute atomic E-state index is 0.0406. The lowest BCUT2D eigenvalue weighted by Crippen LogP contribution is -2.23. The number of pyridine rings is 1. The zero-order chi connectivity index (χ0) is 17.6. The fourth-order valence-electron chi connectivity index (χ4n) is 2.36. The lowest BCUT2D eigenvalue weighted by Gasteiger charge is -2.05. The molecular weight excluding hydrogens is 334 g/mol. The van der Waals surface area contributed by atoms with Crippen LogP contribution in [-0.2, 0) is 11.3 Å². The minimum atomic E-state index is -0.419. The molecule has 0 spiro atoms. The number of fused-ring (bicyclic) bond motifs is 1. The average molecular weight is 349 g/mol. The van der Waals surface area contributed by atoms with E-state index in [0.29, 0.717) is 12.2 Å². The number of nitriles is 1. The van der Waals surface area contributed by atoms with E-state index in [1.54, 1.807) is 18.5 Å². The Hall–Kier alpha value is -3.08. The van der Waals surface area contributed by atoms with E-state index < -0.39 is 5.91 Å². The van der Waals surface area contributed by atoms with Crippen molar-refractivity contribution in [2.75, 3.05) is 0 Å². The molecule has 0 atom stereocenters. The van der Waals surface area contributed by atoms with Gasteiger partial charge in [0.25, 0.3) is 5.91 Å². The standard InChI is InChI=1S/C18H15N5OS/c19-9-13(8-14-11-22-17-16(14)2-1-7-21-17)18(24)23-10-12-3-5-15(25-20)6-4-12/h1-8,11H,10,20H2,(H,21,22)(H,23,24)/b13-8+. The Morgan fingerprint density at radius 1 is 1.36 bits per heavy atom. The number of nitrogens with one attached hydrogen (secondary N) is 2. The molecule has 7 heteroatoms. The number of carbonyl (C=O) groups excluding carboxylic acids is 1. The molecule has 124 valence electrons. The van der Waals surface area contributed by atoms with Gasteiger partial charge in [0.15, 0.2) is 0 Å². The van der Waals surface area contributed by atoms with Gasteiger partial charge in [-0.3, -0.25) is 9.93 Å². The molecule has 0 saturated heterocycles. The smallest absolute Gasteiger partial charge is 0.262 e. The molecule has 2 aromatic heterocycles. The van der Waals surface area contributed by atoms with Crippen molar-refractivity contribution in [1.29, 1.82) is 5.26 Å². The van der Waals surface area contributed by atoms with Crippen molar-refractivity contribution in [1.82, 2.24) is 15.3 Å². The largest absolute Gasteiger partial charge is 0.347 e. The first kappa shape index (κ1) is 16.8. The van der Waals surface area contributed by atoms with Crippen LogP contribution in [0.15, 0.2) is 59.3 Å². The van der Waals surface area contributed by atoms with Gasteiger partial charge in [-0.2, -0.15) is 5.26 Å². The topological polar surface area (TPSA) is 108 Å². The number of aromatic nitrogens is 2. The molecule has 1 amide bonds. The molecule has 0 aliphatic carbocycles. The molecule has 2 heterocycles. The Kier molecular flexibility index (Phi) is 5.14. The van der Waals surface area contributed by atoms with Crippen LogP contribution in [0.1, 0.15) is 11.1 Å². The number of nitrogens with zero attached hydrogens (tertiary/aromatic N) is 2. The molecule has 4 N–H and O–H groups in total. The van der Waals surface area contributed by atoms with Gasteiger partial charge in [0, 0.05) is 34.8 Å². The van der Waals surface area contributed by atoms with E-state index in [-0.39, 0.29) is 5.57 Å². The van der Waals surface area contributed by atoms with Gasteiger partial charge in [-0.15, -0.1) is 0 Å². The lowest BCUT2D eigenvalue weighted by molar-refractivity contribution is -0.117. The Morgan fingerprint density at radius 2 is 2.16 bits per heavy atom. The SMILES string of the molecule is N#C/C(=C\c1c[nH]c2ncccc12)C(=O)NCc1ccc(SN)cc1. The maximum atomic E-state index is 12.3. The predicted molar refractivity (Wildman–Crippen MR) is 98.0 cm³/mol. The van der Waals surface area contributed by atoms with E-state index in [1.165, 1.54) is 11.9 Å². The molecule has 0 fully saturated rings. The summed E-state index contributed by atoms with van der Waals surface area (Å²) in [5.74, 6) is -0.419. The van der Waals surface area contributed by atoms with Crippen molar-refractivity contribution in [3.05, 3.63) is 65.5 Å². The number of benzene rings is 1. The molecule has 1 aromatic carbocycles. The first-order valence-electron chi connectivity index (χ1n) is 7.49.